The molecule has 2 aromatic carbocycles. The molecule has 2 aromatic rings. The van der Waals surface area contributed by atoms with E-state index in [9.17, 15) is 9.50 Å². The molecule has 0 aliphatic carbocycles. The molecule has 3 rings (SSSR count). The first-order valence-electron chi connectivity index (χ1n) is 6.67. The highest BCUT2D eigenvalue weighted by Crippen LogP contribution is 2.34. The highest BCUT2D eigenvalue weighted by Gasteiger charge is 2.30. The summed E-state index contributed by atoms with van der Waals surface area (Å²) in [4.78, 5) is 0. The minimum Gasteiger partial charge on any atom is -0.386 e. The van der Waals surface area contributed by atoms with Crippen LogP contribution in [0.1, 0.15) is 31.4 Å². The summed E-state index contributed by atoms with van der Waals surface area (Å²) in [6, 6.07) is 10.3. The monoisotopic (exact) mass is 260 g/mol. The van der Waals surface area contributed by atoms with Gasteiger partial charge in [-0.15, -0.1) is 0 Å². The van der Waals surface area contributed by atoms with E-state index < -0.39 is 6.10 Å². The van der Waals surface area contributed by atoms with Gasteiger partial charge < -0.3 is 9.84 Å². The van der Waals surface area contributed by atoms with Gasteiger partial charge in [0.25, 0.3) is 0 Å². The zero-order valence-electron chi connectivity index (χ0n) is 10.8. The van der Waals surface area contributed by atoms with Crippen molar-refractivity contribution in [3.05, 3.63) is 47.8 Å². The standard InChI is InChI=1S/C16H17FO2/c1-10-6-9-15(19-10)16(18)13-7-8-14(17)12-5-3-2-4-11(12)13/h2-5,7-8,10,15-16,18H,6,9H2,1H3. The SMILES string of the molecule is CC1CCC(C(O)c2ccc(F)c3ccccc23)O1. The number of rotatable bonds is 2. The molecule has 0 aromatic heterocycles. The first-order chi connectivity index (χ1) is 9.16. The highest BCUT2D eigenvalue weighted by molar-refractivity contribution is 5.86. The maximum atomic E-state index is 13.8. The minimum absolute atomic E-state index is 0.186. The van der Waals surface area contributed by atoms with E-state index >= 15 is 0 Å². The number of hydrogen-bond donors (Lipinski definition) is 1. The summed E-state index contributed by atoms with van der Waals surface area (Å²) >= 11 is 0. The number of hydrogen-bond acceptors (Lipinski definition) is 2. The van der Waals surface area contributed by atoms with Crippen LogP contribution in [-0.4, -0.2) is 17.3 Å². The highest BCUT2D eigenvalue weighted by atomic mass is 19.1. The minimum atomic E-state index is -0.699. The second-order valence-corrected chi connectivity index (χ2v) is 5.19. The fourth-order valence-electron chi connectivity index (χ4n) is 2.81. The zero-order valence-corrected chi connectivity index (χ0v) is 10.8. The largest absolute Gasteiger partial charge is 0.386 e. The first kappa shape index (κ1) is 12.6. The van der Waals surface area contributed by atoms with E-state index in [4.69, 9.17) is 4.74 Å². The van der Waals surface area contributed by atoms with Crippen molar-refractivity contribution in [1.82, 2.24) is 0 Å². The molecule has 1 aliphatic heterocycles. The van der Waals surface area contributed by atoms with Gasteiger partial charge in [0, 0.05) is 5.39 Å². The molecule has 2 nitrogen and oxygen atoms in total. The lowest BCUT2D eigenvalue weighted by molar-refractivity contribution is -0.0291. The molecular weight excluding hydrogens is 243 g/mol. The Morgan fingerprint density at radius 3 is 2.58 bits per heavy atom. The lowest BCUT2D eigenvalue weighted by atomic mass is 9.96. The van der Waals surface area contributed by atoms with Crippen molar-refractivity contribution in [2.24, 2.45) is 0 Å². The lowest BCUT2D eigenvalue weighted by Gasteiger charge is -2.20. The third-order valence-corrected chi connectivity index (χ3v) is 3.84. The van der Waals surface area contributed by atoms with Gasteiger partial charge in [0.1, 0.15) is 11.9 Å². The first-order valence-corrected chi connectivity index (χ1v) is 6.67. The quantitative estimate of drug-likeness (QED) is 0.894. The molecular formula is C16H17FO2. The van der Waals surface area contributed by atoms with Crippen molar-refractivity contribution in [2.75, 3.05) is 0 Å². The molecule has 3 atom stereocenters. The number of fused-ring (bicyclic) bond motifs is 1. The molecule has 1 fully saturated rings. The summed E-state index contributed by atoms with van der Waals surface area (Å²) in [5, 5.41) is 11.8. The van der Waals surface area contributed by atoms with Crippen molar-refractivity contribution >= 4 is 10.8 Å². The Balaban J connectivity index is 2.03. The van der Waals surface area contributed by atoms with E-state index in [1.807, 2.05) is 19.1 Å². The number of aliphatic hydroxyl groups excluding tert-OH is 1. The molecule has 0 bridgehead atoms. The van der Waals surface area contributed by atoms with Crippen LogP contribution in [0.15, 0.2) is 36.4 Å². The van der Waals surface area contributed by atoms with Crippen LogP contribution >= 0.6 is 0 Å². The van der Waals surface area contributed by atoms with Crippen molar-refractivity contribution in [3.8, 4) is 0 Å². The van der Waals surface area contributed by atoms with Crippen LogP contribution in [0.3, 0.4) is 0 Å². The molecule has 1 heterocycles. The molecule has 3 unspecified atom stereocenters. The van der Waals surface area contributed by atoms with E-state index in [1.165, 1.54) is 6.07 Å². The normalized spacial score (nSPS) is 24.8. The van der Waals surface area contributed by atoms with Gasteiger partial charge in [-0.05, 0) is 36.8 Å². The third kappa shape index (κ3) is 2.24. The molecule has 19 heavy (non-hydrogen) atoms. The Labute approximate surface area is 111 Å². The maximum Gasteiger partial charge on any atom is 0.131 e. The summed E-state index contributed by atoms with van der Waals surface area (Å²) in [6.07, 6.45) is 1.10. The second-order valence-electron chi connectivity index (χ2n) is 5.19. The maximum absolute atomic E-state index is 13.8. The summed E-state index contributed by atoms with van der Waals surface area (Å²) in [7, 11) is 0. The smallest absolute Gasteiger partial charge is 0.131 e. The van der Waals surface area contributed by atoms with Crippen LogP contribution in [0.5, 0.6) is 0 Å². The molecule has 0 saturated carbocycles. The van der Waals surface area contributed by atoms with Gasteiger partial charge in [-0.1, -0.05) is 30.3 Å². The lowest BCUT2D eigenvalue weighted by Crippen LogP contribution is -2.19. The van der Waals surface area contributed by atoms with E-state index in [2.05, 4.69) is 0 Å². The van der Waals surface area contributed by atoms with E-state index in [1.54, 1.807) is 18.2 Å². The molecule has 0 radical (unpaired) electrons. The zero-order chi connectivity index (χ0) is 13.4. The third-order valence-electron chi connectivity index (χ3n) is 3.84. The van der Waals surface area contributed by atoms with Crippen molar-refractivity contribution in [3.63, 3.8) is 0 Å². The Kier molecular flexibility index (Phi) is 3.25. The molecule has 1 saturated heterocycles. The average molecular weight is 260 g/mol. The van der Waals surface area contributed by atoms with E-state index in [0.717, 1.165) is 23.8 Å². The predicted octanol–water partition coefficient (Wildman–Crippen LogP) is 3.58. The van der Waals surface area contributed by atoms with Gasteiger partial charge in [0.15, 0.2) is 0 Å². The summed E-state index contributed by atoms with van der Waals surface area (Å²) < 4.78 is 19.5. The van der Waals surface area contributed by atoms with Crippen molar-refractivity contribution < 1.29 is 14.2 Å². The second kappa shape index (κ2) is 4.91. The molecule has 1 aliphatic rings. The molecule has 1 N–H and O–H groups in total. The van der Waals surface area contributed by atoms with Gasteiger partial charge in [0.2, 0.25) is 0 Å². The van der Waals surface area contributed by atoms with Gasteiger partial charge >= 0.3 is 0 Å². The van der Waals surface area contributed by atoms with Crippen LogP contribution in [0.25, 0.3) is 10.8 Å². The van der Waals surface area contributed by atoms with Gasteiger partial charge in [-0.3, -0.25) is 0 Å². The number of ether oxygens (including phenoxy) is 1. The molecule has 0 amide bonds. The molecule has 3 heteroatoms. The fraction of sp³-hybridized carbons (Fsp3) is 0.375. The summed E-state index contributed by atoms with van der Waals surface area (Å²) in [6.45, 7) is 2.01. The Hall–Kier alpha value is -1.45. The predicted molar refractivity (Wildman–Crippen MR) is 72.4 cm³/mol. The van der Waals surface area contributed by atoms with Gasteiger partial charge in [-0.25, -0.2) is 4.39 Å². The number of halogens is 1. The Bertz CT molecular complexity index is 596. The van der Waals surface area contributed by atoms with Crippen LogP contribution in [0.2, 0.25) is 0 Å². The Morgan fingerprint density at radius 1 is 1.16 bits per heavy atom. The average Bonchev–Trinajstić information content (AvgIpc) is 2.86. The Morgan fingerprint density at radius 2 is 1.89 bits per heavy atom. The van der Waals surface area contributed by atoms with Crippen LogP contribution in [0.4, 0.5) is 4.39 Å². The van der Waals surface area contributed by atoms with Crippen LogP contribution < -0.4 is 0 Å². The van der Waals surface area contributed by atoms with Gasteiger partial charge in [-0.2, -0.15) is 0 Å². The van der Waals surface area contributed by atoms with E-state index in [-0.39, 0.29) is 18.0 Å². The summed E-state index contributed by atoms with van der Waals surface area (Å²) in [5.74, 6) is -0.257. The summed E-state index contributed by atoms with van der Waals surface area (Å²) in [5.41, 5.74) is 0.746. The van der Waals surface area contributed by atoms with Crippen LogP contribution in [-0.2, 0) is 4.74 Å². The molecule has 100 valence electrons. The fourth-order valence-corrected chi connectivity index (χ4v) is 2.81. The molecule has 0 spiro atoms. The van der Waals surface area contributed by atoms with Crippen molar-refractivity contribution in [2.45, 2.75) is 38.1 Å². The van der Waals surface area contributed by atoms with Crippen molar-refractivity contribution in [1.29, 1.82) is 0 Å². The van der Waals surface area contributed by atoms with Crippen LogP contribution in [0, 0.1) is 5.82 Å². The number of aliphatic hydroxyl groups is 1. The van der Waals surface area contributed by atoms with Gasteiger partial charge in [0.05, 0.1) is 12.2 Å². The topological polar surface area (TPSA) is 29.5 Å². The number of benzene rings is 2. The van der Waals surface area contributed by atoms with E-state index in [0.29, 0.717) is 5.39 Å².